The van der Waals surface area contributed by atoms with Crippen LogP contribution in [0.4, 0.5) is 16.3 Å². The molecule has 0 radical (unpaired) electrons. The second-order valence-electron chi connectivity index (χ2n) is 21.9. The number of carbonyl (C=O) groups is 4. The molecule has 5 amide bonds. The number of nitrogens with zero attached hydrogens (tertiary/aromatic N) is 8. The van der Waals surface area contributed by atoms with E-state index in [0.717, 1.165) is 37.0 Å². The number of phosphoric ester groups is 1. The largest absolute Gasteiger partial charge is 0.492 e. The second-order valence-corrected chi connectivity index (χ2v) is 27.3. The summed E-state index contributed by atoms with van der Waals surface area (Å²) in [6.45, 7) is 0.700. The fourth-order valence-electron chi connectivity index (χ4n) is 10.4. The van der Waals surface area contributed by atoms with Crippen LogP contribution in [-0.2, 0) is 56.8 Å². The predicted octanol–water partition coefficient (Wildman–Crippen LogP) is 7.98. The van der Waals surface area contributed by atoms with Crippen LogP contribution in [0.25, 0.3) is 22.3 Å². The van der Waals surface area contributed by atoms with Crippen molar-refractivity contribution in [1.82, 2.24) is 55.0 Å². The highest BCUT2D eigenvalue weighted by Crippen LogP contribution is 2.64. The Bertz CT molecular complexity index is 3120. The lowest BCUT2D eigenvalue weighted by molar-refractivity contribution is -0.132. The third-order valence-electron chi connectivity index (χ3n) is 15.0. The lowest BCUT2D eigenvalue weighted by atomic mass is 10.0. The summed E-state index contributed by atoms with van der Waals surface area (Å²) in [5.74, 6) is -1.80. The molecular formula is C54H80N14O14P2S. The zero-order chi connectivity index (χ0) is 60.5. The molecule has 10 N–H and O–H groups in total. The highest BCUT2D eigenvalue weighted by atomic mass is 32.7. The Morgan fingerprint density at radius 3 is 1.92 bits per heavy atom. The number of urea groups is 1. The maximum Gasteiger partial charge on any atom is 0.472 e. The molecule has 0 aliphatic carbocycles. The summed E-state index contributed by atoms with van der Waals surface area (Å²) in [7, 11) is -4.85. The summed E-state index contributed by atoms with van der Waals surface area (Å²) in [4.78, 5) is 88.4. The van der Waals surface area contributed by atoms with Gasteiger partial charge in [0.1, 0.15) is 67.1 Å². The van der Waals surface area contributed by atoms with Gasteiger partial charge in [0.25, 0.3) is 0 Å². The third kappa shape index (κ3) is 18.6. The number of rotatable bonds is 29. The lowest BCUT2D eigenvalue weighted by Crippen LogP contribution is -2.54. The number of carbonyl (C=O) groups excluding carboxylic acids is 4. The summed E-state index contributed by atoms with van der Waals surface area (Å²) >= 11 is 0.849. The Labute approximate surface area is 497 Å². The smallest absolute Gasteiger partial charge is 0.472 e. The number of unbranched alkanes of at least 4 members (excludes halogenated alkanes) is 12. The number of phosphoric acid groups is 1. The van der Waals surface area contributed by atoms with E-state index in [2.05, 4.69) is 58.1 Å². The van der Waals surface area contributed by atoms with Crippen LogP contribution in [0.3, 0.4) is 0 Å². The molecule has 3 aliphatic rings. The minimum Gasteiger partial charge on any atom is -0.492 e. The molecule has 466 valence electrons. The third-order valence-corrected chi connectivity index (χ3v) is 19.7. The van der Waals surface area contributed by atoms with Gasteiger partial charge in [-0.15, -0.1) is 0 Å². The van der Waals surface area contributed by atoms with Crippen LogP contribution in [0.5, 0.6) is 5.88 Å². The first kappa shape index (κ1) is 65.1. The number of benzene rings is 1. The Kier molecular flexibility index (Phi) is 23.9. The van der Waals surface area contributed by atoms with Gasteiger partial charge in [0, 0.05) is 37.2 Å². The van der Waals surface area contributed by atoms with Crippen molar-refractivity contribution in [2.75, 3.05) is 30.8 Å². The second kappa shape index (κ2) is 31.2. The Balaban J connectivity index is 0.905. The number of primary amides is 1. The van der Waals surface area contributed by atoms with Crippen molar-refractivity contribution in [3.63, 3.8) is 0 Å². The van der Waals surface area contributed by atoms with Crippen LogP contribution in [0.1, 0.15) is 154 Å². The van der Waals surface area contributed by atoms with Gasteiger partial charge in [-0.1, -0.05) is 110 Å². The molecule has 3 aliphatic heterocycles. The molecule has 1 aromatic carbocycles. The van der Waals surface area contributed by atoms with Gasteiger partial charge < -0.3 is 52.2 Å². The molecule has 3 saturated heterocycles. The number of hydrogen-bond acceptors (Lipinski definition) is 21. The molecule has 3 fully saturated rings. The van der Waals surface area contributed by atoms with Crippen molar-refractivity contribution in [2.24, 2.45) is 11.7 Å². The van der Waals surface area contributed by atoms with Crippen LogP contribution in [0.2, 0.25) is 0 Å². The average molecular weight is 1240 g/mol. The van der Waals surface area contributed by atoms with Gasteiger partial charge in [-0.3, -0.25) is 41.6 Å². The minimum absolute atomic E-state index is 0.0120. The number of amides is 5. The van der Waals surface area contributed by atoms with Gasteiger partial charge in [0.05, 0.1) is 25.9 Å². The van der Waals surface area contributed by atoms with Gasteiger partial charge in [-0.25, -0.2) is 38.8 Å². The summed E-state index contributed by atoms with van der Waals surface area (Å²) in [6, 6.07) is 3.95. The van der Waals surface area contributed by atoms with E-state index in [-0.39, 0.29) is 79.1 Å². The number of nitrogens with two attached hydrogens (primary N) is 2. The van der Waals surface area contributed by atoms with Crippen LogP contribution in [0.15, 0.2) is 49.6 Å². The SMILES string of the molecule is CCCCCCCCCCCCCCCC(=O)N[C@H](C(=O)N[C@@H](CCCNC(N)=O)C(=O)Nc1ccc(CSP2(=O)OC[C@H]3O[C@@H](n4cnc5c(N)ncnc54)C[C@@H]3OP(=O)(O)OC[C@H]3O[C@@H](n4cnc5c(O)ncnc54)C[C@@H]3O2)cc1)C(C)C. The molecule has 2 unspecified atom stereocenters. The van der Waals surface area contributed by atoms with Crippen LogP contribution < -0.4 is 32.7 Å². The van der Waals surface area contributed by atoms with Crippen LogP contribution in [0, 0.1) is 5.92 Å². The first-order chi connectivity index (χ1) is 40.9. The molecule has 8 rings (SSSR count). The molecule has 31 heteroatoms. The fraction of sp³-hybridized carbons (Fsp3) is 0.630. The van der Waals surface area contributed by atoms with Crippen LogP contribution >= 0.6 is 26.0 Å². The molecule has 4 aromatic heterocycles. The number of nitrogen functional groups attached to an aromatic ring is 1. The van der Waals surface area contributed by atoms with Crippen molar-refractivity contribution >= 4 is 83.6 Å². The van der Waals surface area contributed by atoms with E-state index < -0.39 is 94.6 Å². The number of imidazole rings is 2. The normalized spacial score (nSPS) is 24.2. The van der Waals surface area contributed by atoms with E-state index in [1.54, 1.807) is 28.8 Å². The summed E-state index contributed by atoms with van der Waals surface area (Å²) in [6.07, 6.45) is 15.0. The molecule has 85 heavy (non-hydrogen) atoms. The van der Waals surface area contributed by atoms with E-state index in [9.17, 15) is 33.7 Å². The van der Waals surface area contributed by atoms with Crippen molar-refractivity contribution in [2.45, 2.75) is 191 Å². The van der Waals surface area contributed by atoms with Crippen molar-refractivity contribution in [3.8, 4) is 5.88 Å². The maximum atomic E-state index is 15.2. The van der Waals surface area contributed by atoms with E-state index >= 15 is 4.57 Å². The maximum absolute atomic E-state index is 15.2. The van der Waals surface area contributed by atoms with E-state index in [1.165, 1.54) is 81.3 Å². The van der Waals surface area contributed by atoms with Gasteiger partial charge in [0.2, 0.25) is 23.6 Å². The highest BCUT2D eigenvalue weighted by molar-refractivity contribution is 8.54. The Morgan fingerprint density at radius 2 is 1.29 bits per heavy atom. The number of nitrogens with one attached hydrogen (secondary N) is 4. The molecule has 5 aromatic rings. The van der Waals surface area contributed by atoms with E-state index in [0.29, 0.717) is 28.8 Å². The topological polar surface area (TPSA) is 386 Å². The first-order valence-electron chi connectivity index (χ1n) is 29.3. The van der Waals surface area contributed by atoms with E-state index in [4.69, 9.17) is 39.0 Å². The molecular weight excluding hydrogens is 1160 g/mol. The summed E-state index contributed by atoms with van der Waals surface area (Å²) < 4.78 is 68.5. The van der Waals surface area contributed by atoms with Crippen LogP contribution in [-0.4, -0.2) is 129 Å². The first-order valence-corrected chi connectivity index (χ1v) is 33.9. The minimum atomic E-state index is -4.85. The van der Waals surface area contributed by atoms with Gasteiger partial charge in [-0.05, 0) is 54.3 Å². The lowest BCUT2D eigenvalue weighted by Gasteiger charge is -2.28. The fourth-order valence-corrected chi connectivity index (χ4v) is 14.8. The molecule has 7 heterocycles. The Hall–Kier alpha value is -5.87. The highest BCUT2D eigenvalue weighted by Gasteiger charge is 2.48. The molecule has 0 saturated carbocycles. The summed E-state index contributed by atoms with van der Waals surface area (Å²) in [5, 5.41) is 21.4. The number of fused-ring (bicyclic) bond motifs is 4. The average Bonchev–Trinajstić information content (AvgIpc) is 1.97. The van der Waals surface area contributed by atoms with Crippen molar-refractivity contribution < 1.29 is 65.9 Å². The molecule has 28 nitrogen and oxygen atoms in total. The van der Waals surface area contributed by atoms with Crippen molar-refractivity contribution in [1.29, 1.82) is 0 Å². The standard InChI is InChI=1S/C54H80N14O14P2S/c1-4-5-6-7-8-9-10-11-12-13-14-15-16-19-42(69)66-45(34(2)3)53(72)65-37(18-17-24-57-54(56)73)51(70)64-36-22-20-35(21-23-36)29-85-84(76)78-28-41-38(25-43(80-41)67-32-62-46-48(55)58-30-59-49(46)67)81-83(74,75)77-27-40-39(82-84)26-44(79-40)68-33-63-47-50(68)60-31-61-52(47)71/h20-23,30-34,37-41,43-45H,4-19,24-29H2,1-3H3,(H,64,70)(H,65,72)(H,66,69)(H,74,75)(H2,55,58,59)(H3,56,57,73)(H,60,61,71)/t37-,38-,39-,40+,41+,43+,44+,45-,84?/m0/s1. The zero-order valence-corrected chi connectivity index (χ0v) is 50.8. The summed E-state index contributed by atoms with van der Waals surface area (Å²) in [5.41, 5.74) is 13.3. The quantitative estimate of drug-likeness (QED) is 0.0166. The number of aromatic nitrogens is 8. The number of aromatic hydroxyl groups is 1. The van der Waals surface area contributed by atoms with Gasteiger partial charge >= 0.3 is 20.7 Å². The van der Waals surface area contributed by atoms with Crippen molar-refractivity contribution in [3.05, 3.63) is 55.1 Å². The Morgan fingerprint density at radius 1 is 0.718 bits per heavy atom. The molecule has 0 bridgehead atoms. The number of ether oxygens (including phenoxy) is 2. The predicted molar refractivity (Wildman–Crippen MR) is 315 cm³/mol. The molecule has 10 atom stereocenters. The number of anilines is 2. The number of hydrogen-bond donors (Lipinski definition) is 8. The monoisotopic (exact) mass is 1240 g/mol. The molecule has 0 spiro atoms. The van der Waals surface area contributed by atoms with Gasteiger partial charge in [-0.2, -0.15) is 4.98 Å². The van der Waals surface area contributed by atoms with E-state index in [1.807, 2.05) is 13.8 Å². The van der Waals surface area contributed by atoms with Gasteiger partial charge in [0.15, 0.2) is 22.6 Å². The zero-order valence-electron chi connectivity index (χ0n) is 48.2.